The number of carbonyl (C=O) groups excluding carboxylic acids is 2. The zero-order chi connectivity index (χ0) is 18.3. The Morgan fingerprint density at radius 1 is 1.33 bits per heavy atom. The lowest BCUT2D eigenvalue weighted by Crippen LogP contribution is -2.30. The van der Waals surface area contributed by atoms with E-state index in [0.717, 1.165) is 5.56 Å². The van der Waals surface area contributed by atoms with Crippen LogP contribution in [-0.4, -0.2) is 34.7 Å². The molecule has 0 atom stereocenters. The normalized spacial score (nSPS) is 11.6. The molecule has 8 nitrogen and oxygen atoms in total. The molecule has 0 saturated heterocycles. The van der Waals surface area contributed by atoms with Gasteiger partial charge in [0.2, 0.25) is 0 Å². The van der Waals surface area contributed by atoms with E-state index >= 15 is 0 Å². The molecule has 1 aromatic rings. The maximum Gasteiger partial charge on any atom is 0.413 e. The van der Waals surface area contributed by atoms with Gasteiger partial charge in [0.25, 0.3) is 5.91 Å². The van der Waals surface area contributed by atoms with Crippen LogP contribution >= 0.6 is 0 Å². The molecule has 0 aromatic carbocycles. The number of nitrogens with zero attached hydrogens (tertiary/aromatic N) is 1. The van der Waals surface area contributed by atoms with Gasteiger partial charge >= 0.3 is 6.09 Å². The van der Waals surface area contributed by atoms with Crippen LogP contribution in [0.15, 0.2) is 24.1 Å². The van der Waals surface area contributed by atoms with Gasteiger partial charge in [-0.15, -0.1) is 0 Å². The minimum atomic E-state index is -0.589. The van der Waals surface area contributed by atoms with Crippen molar-refractivity contribution < 1.29 is 19.4 Å². The summed E-state index contributed by atoms with van der Waals surface area (Å²) in [4.78, 5) is 27.7. The fourth-order valence-electron chi connectivity index (χ4n) is 1.76. The average Bonchev–Trinajstić information content (AvgIpc) is 2.45. The highest BCUT2D eigenvalue weighted by Gasteiger charge is 2.17. The summed E-state index contributed by atoms with van der Waals surface area (Å²) in [6.07, 6.45) is 0.121. The van der Waals surface area contributed by atoms with Gasteiger partial charge in [-0.25, -0.2) is 9.78 Å². The van der Waals surface area contributed by atoms with Crippen molar-refractivity contribution in [1.82, 2.24) is 15.6 Å². The van der Waals surface area contributed by atoms with E-state index in [1.54, 1.807) is 39.8 Å². The number of pyridine rings is 1. The number of likely N-dealkylation sites (N-methyl/N-ethyl adjacent to an activating group) is 1. The molecule has 1 rings (SSSR count). The molecule has 1 aromatic heterocycles. The minimum Gasteiger partial charge on any atom is -0.513 e. The van der Waals surface area contributed by atoms with E-state index in [4.69, 9.17) is 9.84 Å². The lowest BCUT2D eigenvalue weighted by atomic mass is 10.2. The zero-order valence-corrected chi connectivity index (χ0v) is 14.6. The van der Waals surface area contributed by atoms with Crippen molar-refractivity contribution in [3.8, 4) is 0 Å². The molecule has 8 heteroatoms. The summed E-state index contributed by atoms with van der Waals surface area (Å²) < 4.78 is 5.16. The number of nitrogens with one attached hydrogen (secondary N) is 3. The number of rotatable bonds is 5. The summed E-state index contributed by atoms with van der Waals surface area (Å²) >= 11 is 0. The number of aliphatic hydroxyl groups excluding tert-OH is 1. The molecule has 2 amide bonds. The molecular weight excluding hydrogens is 312 g/mol. The van der Waals surface area contributed by atoms with Crippen LogP contribution < -0.4 is 16.0 Å². The second kappa shape index (κ2) is 8.19. The Labute approximate surface area is 141 Å². The first-order chi connectivity index (χ1) is 11.2. The van der Waals surface area contributed by atoms with Crippen molar-refractivity contribution in [3.63, 3.8) is 0 Å². The first-order valence-electron chi connectivity index (χ1n) is 7.43. The number of anilines is 1. The van der Waals surface area contributed by atoms with Gasteiger partial charge in [0, 0.05) is 19.3 Å². The standard InChI is InChI=1S/C16H24N4O4/c1-10-11(8-18-14(22)12(9-21)17-5)6-7-13(19-10)20-15(23)24-16(2,3)4/h6-7,9,17,21H,8H2,1-5H3,(H,18,22)(H,19,20,23)/b12-9-. The maximum atomic E-state index is 11.7. The Morgan fingerprint density at radius 3 is 2.50 bits per heavy atom. The second-order valence-electron chi connectivity index (χ2n) is 6.04. The molecule has 0 spiro atoms. The molecule has 0 bridgehead atoms. The summed E-state index contributed by atoms with van der Waals surface area (Å²) in [7, 11) is 1.53. The molecule has 0 fully saturated rings. The number of hydrogen-bond donors (Lipinski definition) is 4. The Bertz CT molecular complexity index is 635. The van der Waals surface area contributed by atoms with Gasteiger partial charge in [0.05, 0.1) is 0 Å². The van der Waals surface area contributed by atoms with E-state index in [-0.39, 0.29) is 12.2 Å². The van der Waals surface area contributed by atoms with Gasteiger partial charge in [0.15, 0.2) is 0 Å². The van der Waals surface area contributed by atoms with Gasteiger partial charge in [0.1, 0.15) is 23.4 Å². The van der Waals surface area contributed by atoms with Crippen LogP contribution in [0.5, 0.6) is 0 Å². The Hall–Kier alpha value is -2.77. The number of aliphatic hydroxyl groups is 1. The first kappa shape index (κ1) is 19.3. The van der Waals surface area contributed by atoms with Gasteiger partial charge < -0.3 is 20.5 Å². The number of aryl methyl sites for hydroxylation is 1. The lowest BCUT2D eigenvalue weighted by molar-refractivity contribution is -0.118. The molecule has 0 saturated carbocycles. The summed E-state index contributed by atoms with van der Waals surface area (Å²) in [6, 6.07) is 3.37. The topological polar surface area (TPSA) is 113 Å². The van der Waals surface area contributed by atoms with Crippen molar-refractivity contribution >= 4 is 17.8 Å². The van der Waals surface area contributed by atoms with Gasteiger partial charge in [-0.1, -0.05) is 6.07 Å². The van der Waals surface area contributed by atoms with Crippen LogP contribution in [0.3, 0.4) is 0 Å². The van der Waals surface area contributed by atoms with Gasteiger partial charge in [-0.3, -0.25) is 10.1 Å². The van der Waals surface area contributed by atoms with Crippen LogP contribution in [-0.2, 0) is 16.1 Å². The van der Waals surface area contributed by atoms with Crippen LogP contribution in [0.2, 0.25) is 0 Å². The van der Waals surface area contributed by atoms with Crippen LogP contribution in [0.25, 0.3) is 0 Å². The van der Waals surface area contributed by atoms with Crippen molar-refractivity contribution in [2.45, 2.75) is 39.8 Å². The Morgan fingerprint density at radius 2 is 2.00 bits per heavy atom. The lowest BCUT2D eigenvalue weighted by Gasteiger charge is -2.19. The predicted molar refractivity (Wildman–Crippen MR) is 90.4 cm³/mol. The fourth-order valence-corrected chi connectivity index (χ4v) is 1.76. The van der Waals surface area contributed by atoms with E-state index < -0.39 is 17.6 Å². The number of aromatic nitrogens is 1. The predicted octanol–water partition coefficient (Wildman–Crippen LogP) is 1.97. The van der Waals surface area contributed by atoms with Crippen molar-refractivity contribution in [2.75, 3.05) is 12.4 Å². The third-order valence-electron chi connectivity index (χ3n) is 2.91. The first-order valence-corrected chi connectivity index (χ1v) is 7.43. The average molecular weight is 336 g/mol. The molecule has 132 valence electrons. The monoisotopic (exact) mass is 336 g/mol. The van der Waals surface area contributed by atoms with Crippen LogP contribution in [0.4, 0.5) is 10.6 Å². The largest absolute Gasteiger partial charge is 0.513 e. The summed E-state index contributed by atoms with van der Waals surface area (Å²) in [5.41, 5.74) is 0.910. The SMILES string of the molecule is CN/C(=C\O)C(=O)NCc1ccc(NC(=O)OC(C)(C)C)nc1C. The molecule has 0 radical (unpaired) electrons. The fraction of sp³-hybridized carbons (Fsp3) is 0.438. The quantitative estimate of drug-likeness (QED) is 0.483. The molecule has 0 aliphatic heterocycles. The molecule has 0 aliphatic carbocycles. The highest BCUT2D eigenvalue weighted by molar-refractivity contribution is 5.92. The van der Waals surface area contributed by atoms with E-state index in [9.17, 15) is 9.59 Å². The van der Waals surface area contributed by atoms with Crippen LogP contribution in [0, 0.1) is 6.92 Å². The molecule has 4 N–H and O–H groups in total. The van der Waals surface area contributed by atoms with E-state index in [0.29, 0.717) is 17.8 Å². The van der Waals surface area contributed by atoms with Crippen molar-refractivity contribution in [3.05, 3.63) is 35.3 Å². The molecule has 0 aliphatic rings. The molecular formula is C16H24N4O4. The minimum absolute atomic E-state index is 0.0591. The van der Waals surface area contributed by atoms with Crippen molar-refractivity contribution in [1.29, 1.82) is 0 Å². The number of ether oxygens (including phenoxy) is 1. The second-order valence-corrected chi connectivity index (χ2v) is 6.04. The van der Waals surface area contributed by atoms with Crippen molar-refractivity contribution in [2.24, 2.45) is 0 Å². The molecule has 0 unspecified atom stereocenters. The summed E-state index contributed by atoms with van der Waals surface area (Å²) in [5, 5.41) is 16.7. The highest BCUT2D eigenvalue weighted by Crippen LogP contribution is 2.13. The number of hydrogen-bond acceptors (Lipinski definition) is 6. The van der Waals surface area contributed by atoms with E-state index in [2.05, 4.69) is 20.9 Å². The Kier molecular flexibility index (Phi) is 6.58. The maximum absolute atomic E-state index is 11.7. The highest BCUT2D eigenvalue weighted by atomic mass is 16.6. The summed E-state index contributed by atoms with van der Waals surface area (Å²) in [6.45, 7) is 7.33. The molecule has 24 heavy (non-hydrogen) atoms. The van der Waals surface area contributed by atoms with Crippen LogP contribution in [0.1, 0.15) is 32.0 Å². The number of carbonyl (C=O) groups is 2. The smallest absolute Gasteiger partial charge is 0.413 e. The Balaban J connectivity index is 2.68. The third kappa shape index (κ3) is 6.15. The molecule has 1 heterocycles. The van der Waals surface area contributed by atoms with Gasteiger partial charge in [-0.2, -0.15) is 0 Å². The summed E-state index contributed by atoms with van der Waals surface area (Å²) in [5.74, 6) is -0.0710. The van der Waals surface area contributed by atoms with Gasteiger partial charge in [-0.05, 0) is 39.3 Å². The van der Waals surface area contributed by atoms with E-state index in [1.165, 1.54) is 7.05 Å². The zero-order valence-electron chi connectivity index (χ0n) is 14.6. The third-order valence-corrected chi connectivity index (χ3v) is 2.91. The van der Waals surface area contributed by atoms with E-state index in [1.807, 2.05) is 0 Å². The number of amides is 2.